The van der Waals surface area contributed by atoms with Gasteiger partial charge in [0.2, 0.25) is 0 Å². The number of rotatable bonds is 8. The molecule has 0 aliphatic heterocycles. The van der Waals surface area contributed by atoms with Gasteiger partial charge in [0.1, 0.15) is 6.54 Å². The number of primary amides is 1. The van der Waals surface area contributed by atoms with Gasteiger partial charge in [-0.15, -0.1) is 0 Å². The van der Waals surface area contributed by atoms with Crippen LogP contribution in [0.4, 0.5) is 4.79 Å². The van der Waals surface area contributed by atoms with Crippen molar-refractivity contribution in [1.82, 2.24) is 4.90 Å². The van der Waals surface area contributed by atoms with E-state index in [0.29, 0.717) is 12.2 Å². The van der Waals surface area contributed by atoms with Crippen molar-refractivity contribution in [3.8, 4) is 0 Å². The molecule has 0 aromatic heterocycles. The molecule has 1 unspecified atom stereocenters. The van der Waals surface area contributed by atoms with Gasteiger partial charge in [0, 0.05) is 18.7 Å². The zero-order valence-electron chi connectivity index (χ0n) is 14.3. The molecule has 0 heterocycles. The minimum Gasteiger partial charge on any atom is -0.465 e. The molecule has 2 N–H and O–H groups in total. The van der Waals surface area contributed by atoms with Crippen LogP contribution in [0.15, 0.2) is 24.3 Å². The van der Waals surface area contributed by atoms with E-state index in [1.54, 1.807) is 6.92 Å². The van der Waals surface area contributed by atoms with Crippen LogP contribution in [0.25, 0.3) is 0 Å². The molecule has 0 aliphatic rings. The fourth-order valence-electron chi connectivity index (χ4n) is 2.30. The fraction of sp³-hybridized carbons (Fsp3) is 0.471. The summed E-state index contributed by atoms with van der Waals surface area (Å²) in [5, 5.41) is -0.0506. The summed E-state index contributed by atoms with van der Waals surface area (Å²) >= 11 is 1.11. The highest BCUT2D eigenvalue weighted by Gasteiger charge is 2.26. The minimum absolute atomic E-state index is 0.0506. The van der Waals surface area contributed by atoms with Crippen LogP contribution in [-0.2, 0) is 20.7 Å². The predicted octanol–water partition coefficient (Wildman–Crippen LogP) is 2.13. The number of hydrogen-bond donors (Lipinski definition) is 1. The molecular formula is C17H24N2O4S. The van der Waals surface area contributed by atoms with Gasteiger partial charge in [0.25, 0.3) is 0 Å². The van der Waals surface area contributed by atoms with Crippen LogP contribution >= 0.6 is 11.8 Å². The summed E-state index contributed by atoms with van der Waals surface area (Å²) in [6.45, 7) is 5.15. The van der Waals surface area contributed by atoms with E-state index in [1.807, 2.05) is 31.2 Å². The maximum atomic E-state index is 11.8. The lowest BCUT2D eigenvalue weighted by molar-refractivity contribution is -0.144. The largest absolute Gasteiger partial charge is 0.465 e. The molecule has 0 radical (unpaired) electrons. The number of aryl methyl sites for hydroxylation is 1. The second-order valence-corrected chi connectivity index (χ2v) is 6.56. The van der Waals surface area contributed by atoms with Crippen molar-refractivity contribution in [3.63, 3.8) is 0 Å². The third-order valence-corrected chi connectivity index (χ3v) is 4.48. The number of nitrogens with two attached hydrogens (primary N) is 1. The SMILES string of the molecule is CCOC(=O)CN(C(N)=O)C(CSC(C)=O)Cc1ccccc1C. The summed E-state index contributed by atoms with van der Waals surface area (Å²) in [6.07, 6.45) is 0.509. The van der Waals surface area contributed by atoms with E-state index >= 15 is 0 Å². The lowest BCUT2D eigenvalue weighted by atomic mass is 10.0. The van der Waals surface area contributed by atoms with Crippen LogP contribution in [0.5, 0.6) is 0 Å². The molecule has 24 heavy (non-hydrogen) atoms. The Balaban J connectivity index is 2.99. The summed E-state index contributed by atoms with van der Waals surface area (Å²) in [5.41, 5.74) is 7.59. The first-order valence-electron chi connectivity index (χ1n) is 7.74. The summed E-state index contributed by atoms with van der Waals surface area (Å²) in [5.74, 6) is -0.148. The Kier molecular flexibility index (Phi) is 8.32. The molecule has 0 saturated heterocycles. The van der Waals surface area contributed by atoms with Crippen molar-refractivity contribution in [1.29, 1.82) is 0 Å². The molecule has 1 aromatic carbocycles. The summed E-state index contributed by atoms with van der Waals surface area (Å²) in [7, 11) is 0. The lowest BCUT2D eigenvalue weighted by Gasteiger charge is -2.29. The Hall–Kier alpha value is -2.02. The van der Waals surface area contributed by atoms with Crippen molar-refractivity contribution in [2.24, 2.45) is 5.73 Å². The van der Waals surface area contributed by atoms with Crippen LogP contribution in [0.2, 0.25) is 0 Å². The maximum Gasteiger partial charge on any atom is 0.325 e. The van der Waals surface area contributed by atoms with Crippen LogP contribution in [-0.4, -0.2) is 47.0 Å². The van der Waals surface area contributed by atoms with Gasteiger partial charge < -0.3 is 15.4 Å². The Morgan fingerprint density at radius 3 is 2.50 bits per heavy atom. The molecule has 1 rings (SSSR count). The molecule has 0 aliphatic carbocycles. The molecule has 2 amide bonds. The Morgan fingerprint density at radius 2 is 1.96 bits per heavy atom. The highest BCUT2D eigenvalue weighted by atomic mass is 32.2. The van der Waals surface area contributed by atoms with E-state index in [0.717, 1.165) is 22.9 Å². The Labute approximate surface area is 146 Å². The highest BCUT2D eigenvalue weighted by Crippen LogP contribution is 2.18. The second kappa shape index (κ2) is 9.97. The first-order chi connectivity index (χ1) is 11.3. The quantitative estimate of drug-likeness (QED) is 0.724. The van der Waals surface area contributed by atoms with Crippen LogP contribution in [0, 0.1) is 6.92 Å². The summed E-state index contributed by atoms with van der Waals surface area (Å²) < 4.78 is 4.91. The number of ether oxygens (including phenoxy) is 1. The van der Waals surface area contributed by atoms with E-state index in [-0.39, 0.29) is 24.3 Å². The van der Waals surface area contributed by atoms with E-state index in [9.17, 15) is 14.4 Å². The van der Waals surface area contributed by atoms with Gasteiger partial charge in [-0.05, 0) is 31.4 Å². The smallest absolute Gasteiger partial charge is 0.325 e. The van der Waals surface area contributed by atoms with Crippen molar-refractivity contribution in [2.45, 2.75) is 33.2 Å². The van der Waals surface area contributed by atoms with Gasteiger partial charge >= 0.3 is 12.0 Å². The van der Waals surface area contributed by atoms with Crippen LogP contribution in [0.3, 0.4) is 0 Å². The fourth-order valence-corrected chi connectivity index (χ4v) is 3.02. The van der Waals surface area contributed by atoms with E-state index in [4.69, 9.17) is 10.5 Å². The normalized spacial score (nSPS) is 11.6. The summed E-state index contributed by atoms with van der Waals surface area (Å²) in [4.78, 5) is 36.2. The molecule has 1 aromatic rings. The van der Waals surface area contributed by atoms with E-state index in [1.165, 1.54) is 11.8 Å². The van der Waals surface area contributed by atoms with Crippen LogP contribution in [0.1, 0.15) is 25.0 Å². The number of benzene rings is 1. The maximum absolute atomic E-state index is 11.8. The average molecular weight is 352 g/mol. The molecule has 7 heteroatoms. The van der Waals surface area contributed by atoms with Gasteiger partial charge in [-0.3, -0.25) is 9.59 Å². The number of hydrogen-bond acceptors (Lipinski definition) is 5. The molecule has 0 bridgehead atoms. The highest BCUT2D eigenvalue weighted by molar-refractivity contribution is 8.13. The first-order valence-corrected chi connectivity index (χ1v) is 8.73. The second-order valence-electron chi connectivity index (χ2n) is 5.36. The topological polar surface area (TPSA) is 89.7 Å². The zero-order valence-corrected chi connectivity index (χ0v) is 15.1. The van der Waals surface area contributed by atoms with Crippen molar-refractivity contribution in [3.05, 3.63) is 35.4 Å². The minimum atomic E-state index is -0.703. The number of thioether (sulfide) groups is 1. The number of carbonyl (C=O) groups is 3. The van der Waals surface area contributed by atoms with Crippen LogP contribution < -0.4 is 5.73 Å². The zero-order chi connectivity index (χ0) is 18.1. The van der Waals surface area contributed by atoms with Crippen molar-refractivity contribution >= 4 is 28.9 Å². The van der Waals surface area contributed by atoms with E-state index < -0.39 is 12.0 Å². The third-order valence-electron chi connectivity index (χ3n) is 3.52. The van der Waals surface area contributed by atoms with Crippen molar-refractivity contribution in [2.75, 3.05) is 18.9 Å². The Bertz CT molecular complexity index is 592. The van der Waals surface area contributed by atoms with Gasteiger partial charge in [0.05, 0.1) is 6.61 Å². The third kappa shape index (κ3) is 6.62. The number of esters is 1. The molecular weight excluding hydrogens is 328 g/mol. The van der Waals surface area contributed by atoms with Crippen molar-refractivity contribution < 1.29 is 19.1 Å². The van der Waals surface area contributed by atoms with Gasteiger partial charge in [0.15, 0.2) is 5.12 Å². The van der Waals surface area contributed by atoms with E-state index in [2.05, 4.69) is 0 Å². The number of carbonyl (C=O) groups excluding carboxylic acids is 3. The number of nitrogens with zero attached hydrogens (tertiary/aromatic N) is 1. The Morgan fingerprint density at radius 1 is 1.29 bits per heavy atom. The van der Waals surface area contributed by atoms with Gasteiger partial charge in [-0.1, -0.05) is 36.0 Å². The lowest BCUT2D eigenvalue weighted by Crippen LogP contribution is -2.49. The standard InChI is InChI=1S/C17H24N2O4S/c1-4-23-16(21)10-19(17(18)22)15(11-24-13(3)20)9-14-8-6-5-7-12(14)2/h5-8,15H,4,9-11H2,1-3H3,(H2,18,22). The molecule has 0 saturated carbocycles. The molecule has 0 fully saturated rings. The molecule has 6 nitrogen and oxygen atoms in total. The predicted molar refractivity (Wildman–Crippen MR) is 94.7 cm³/mol. The monoisotopic (exact) mass is 352 g/mol. The molecule has 132 valence electrons. The molecule has 0 spiro atoms. The first kappa shape index (κ1) is 20.0. The number of amides is 2. The summed E-state index contributed by atoms with van der Waals surface area (Å²) in [6, 6.07) is 6.71. The van der Waals surface area contributed by atoms with Gasteiger partial charge in [-0.2, -0.15) is 0 Å². The molecule has 1 atom stereocenters. The average Bonchev–Trinajstić information content (AvgIpc) is 2.51. The van der Waals surface area contributed by atoms with Gasteiger partial charge in [-0.25, -0.2) is 4.79 Å². The number of urea groups is 1.